The van der Waals surface area contributed by atoms with E-state index in [9.17, 15) is 9.59 Å². The summed E-state index contributed by atoms with van der Waals surface area (Å²) in [6.45, 7) is 8.73. The number of quaternary nitrogens is 1. The van der Waals surface area contributed by atoms with Crippen LogP contribution >= 0.6 is 0 Å². The predicted octanol–water partition coefficient (Wildman–Crippen LogP) is 1.79. The van der Waals surface area contributed by atoms with Crippen molar-refractivity contribution < 1.29 is 9.28 Å². The molecule has 2 amide bonds. The summed E-state index contributed by atoms with van der Waals surface area (Å²) in [6, 6.07) is 1.03. The molecule has 8 heteroatoms. The number of carbonyl (C=O) groups is 1. The summed E-state index contributed by atoms with van der Waals surface area (Å²) in [4.78, 5) is 32.3. The highest BCUT2D eigenvalue weighted by molar-refractivity contribution is 5.87. The zero-order valence-corrected chi connectivity index (χ0v) is 17.6. The van der Waals surface area contributed by atoms with Gasteiger partial charge in [0.2, 0.25) is 5.95 Å². The van der Waals surface area contributed by atoms with Gasteiger partial charge in [-0.2, -0.15) is 0 Å². The summed E-state index contributed by atoms with van der Waals surface area (Å²) in [6.07, 6.45) is 4.78. The molecular formula is C19H37N6O2+. The number of nitrogens with zero attached hydrogens (tertiary/aromatic N) is 3. The molecule has 3 N–H and O–H groups in total. The van der Waals surface area contributed by atoms with Crippen LogP contribution in [0.5, 0.6) is 0 Å². The summed E-state index contributed by atoms with van der Waals surface area (Å²) in [7, 11) is 6.47. The molecule has 0 aliphatic heterocycles. The molecule has 8 nitrogen and oxygen atoms in total. The molecule has 0 saturated heterocycles. The van der Waals surface area contributed by atoms with Gasteiger partial charge in [-0.15, -0.1) is 0 Å². The third-order valence-corrected chi connectivity index (χ3v) is 4.61. The maximum Gasteiger partial charge on any atom is 0.321 e. The third-order valence-electron chi connectivity index (χ3n) is 4.61. The van der Waals surface area contributed by atoms with Crippen LogP contribution in [0.1, 0.15) is 38.3 Å². The van der Waals surface area contributed by atoms with Gasteiger partial charge >= 0.3 is 6.03 Å². The molecule has 0 saturated carbocycles. The summed E-state index contributed by atoms with van der Waals surface area (Å²) in [5.41, 5.74) is 0.287. The second kappa shape index (κ2) is 11.7. The largest absolute Gasteiger partial charge is 0.332 e. The van der Waals surface area contributed by atoms with E-state index in [1.54, 1.807) is 6.92 Å². The SMILES string of the molecule is CCC[N+](C)(CCCCCN(C)C)CCNC(=O)Nc1nc(C)cc(=O)[nH]1. The second-order valence-corrected chi connectivity index (χ2v) is 7.77. The Morgan fingerprint density at radius 3 is 2.59 bits per heavy atom. The van der Waals surface area contributed by atoms with Gasteiger partial charge in [0.1, 0.15) is 0 Å². The normalized spacial score (nSPS) is 13.4. The van der Waals surface area contributed by atoms with E-state index in [1.807, 2.05) is 0 Å². The van der Waals surface area contributed by atoms with E-state index in [4.69, 9.17) is 0 Å². The minimum Gasteiger partial charge on any atom is -0.332 e. The zero-order valence-electron chi connectivity index (χ0n) is 17.6. The van der Waals surface area contributed by atoms with Crippen LogP contribution in [0.15, 0.2) is 10.9 Å². The van der Waals surface area contributed by atoms with E-state index in [2.05, 4.69) is 53.6 Å². The van der Waals surface area contributed by atoms with E-state index < -0.39 is 0 Å². The molecule has 1 heterocycles. The van der Waals surface area contributed by atoms with Crippen LogP contribution in [0.3, 0.4) is 0 Å². The molecule has 0 bridgehead atoms. The van der Waals surface area contributed by atoms with Crippen LogP contribution in [0.4, 0.5) is 10.7 Å². The number of H-pyrrole nitrogens is 1. The number of urea groups is 1. The summed E-state index contributed by atoms with van der Waals surface area (Å²) < 4.78 is 0.957. The molecular weight excluding hydrogens is 344 g/mol. The quantitative estimate of drug-likeness (QED) is 0.380. The first-order valence-electron chi connectivity index (χ1n) is 9.85. The van der Waals surface area contributed by atoms with E-state index in [0.29, 0.717) is 12.2 Å². The molecule has 0 aliphatic rings. The Hall–Kier alpha value is -1.93. The molecule has 0 spiro atoms. The van der Waals surface area contributed by atoms with Gasteiger partial charge < -0.3 is 14.7 Å². The summed E-state index contributed by atoms with van der Waals surface area (Å²) >= 11 is 0. The van der Waals surface area contributed by atoms with Crippen molar-refractivity contribution in [2.24, 2.45) is 0 Å². The average Bonchev–Trinajstić information content (AvgIpc) is 2.53. The first kappa shape index (κ1) is 23.1. The number of aryl methyl sites for hydroxylation is 1. The smallest absolute Gasteiger partial charge is 0.321 e. The maximum absolute atomic E-state index is 12.0. The molecule has 0 aromatic carbocycles. The van der Waals surface area contributed by atoms with Crippen molar-refractivity contribution in [2.75, 3.05) is 59.2 Å². The molecule has 1 aromatic heterocycles. The van der Waals surface area contributed by atoms with Crippen LogP contribution in [0.25, 0.3) is 0 Å². The number of anilines is 1. The molecule has 1 rings (SSSR count). The van der Waals surface area contributed by atoms with Gasteiger partial charge in [0, 0.05) is 11.8 Å². The van der Waals surface area contributed by atoms with Crippen molar-refractivity contribution in [3.05, 3.63) is 22.1 Å². The number of nitrogens with one attached hydrogen (secondary N) is 3. The predicted molar refractivity (Wildman–Crippen MR) is 110 cm³/mol. The lowest BCUT2D eigenvalue weighted by Crippen LogP contribution is -2.50. The van der Waals surface area contributed by atoms with Crippen LogP contribution in [0, 0.1) is 6.92 Å². The Balaban J connectivity index is 2.39. The monoisotopic (exact) mass is 381 g/mol. The fraction of sp³-hybridized carbons (Fsp3) is 0.737. The van der Waals surface area contributed by atoms with Gasteiger partial charge in [-0.1, -0.05) is 6.92 Å². The minimum absolute atomic E-state index is 0.171. The third kappa shape index (κ3) is 10.1. The van der Waals surface area contributed by atoms with Gasteiger partial charge in [-0.05, 0) is 53.2 Å². The van der Waals surface area contributed by atoms with E-state index >= 15 is 0 Å². The second-order valence-electron chi connectivity index (χ2n) is 7.77. The Bertz CT molecular complexity index is 631. The van der Waals surface area contributed by atoms with Crippen molar-refractivity contribution in [3.8, 4) is 0 Å². The number of carbonyl (C=O) groups excluding carboxylic acids is 1. The zero-order chi connectivity index (χ0) is 20.3. The number of unbranched alkanes of at least 4 members (excludes halogenated alkanes) is 2. The number of rotatable bonds is 12. The van der Waals surface area contributed by atoms with Crippen molar-refractivity contribution >= 4 is 12.0 Å². The van der Waals surface area contributed by atoms with Gasteiger partial charge in [0.25, 0.3) is 5.56 Å². The number of aromatic nitrogens is 2. The molecule has 27 heavy (non-hydrogen) atoms. The lowest BCUT2D eigenvalue weighted by Gasteiger charge is -2.34. The van der Waals surface area contributed by atoms with E-state index in [1.165, 1.54) is 25.3 Å². The highest BCUT2D eigenvalue weighted by atomic mass is 16.2. The van der Waals surface area contributed by atoms with E-state index in [-0.39, 0.29) is 17.5 Å². The number of likely N-dealkylation sites (N-methyl/N-ethyl adjacent to an activating group) is 1. The lowest BCUT2D eigenvalue weighted by molar-refractivity contribution is -0.908. The number of aromatic amines is 1. The van der Waals surface area contributed by atoms with Crippen LogP contribution in [-0.2, 0) is 0 Å². The van der Waals surface area contributed by atoms with Crippen LogP contribution < -0.4 is 16.2 Å². The number of amides is 2. The van der Waals surface area contributed by atoms with Crippen molar-refractivity contribution in [1.82, 2.24) is 20.2 Å². The minimum atomic E-state index is -0.349. The van der Waals surface area contributed by atoms with Gasteiger partial charge in [0.15, 0.2) is 0 Å². The number of hydrogen-bond donors (Lipinski definition) is 3. The highest BCUT2D eigenvalue weighted by Crippen LogP contribution is 2.08. The summed E-state index contributed by atoms with van der Waals surface area (Å²) in [5, 5.41) is 5.45. The topological polar surface area (TPSA) is 90.1 Å². The molecule has 1 unspecified atom stereocenters. The Kier molecular flexibility index (Phi) is 10.0. The van der Waals surface area contributed by atoms with Crippen molar-refractivity contribution in [3.63, 3.8) is 0 Å². The molecule has 0 fully saturated rings. The Morgan fingerprint density at radius 1 is 1.22 bits per heavy atom. The first-order chi connectivity index (χ1) is 12.7. The standard InChI is InChI=1S/C19H36N6O2/c1-6-12-25(5,13-9-7-8-11-24(3)4)14-10-20-19(27)23-18-21-16(2)15-17(26)22-18/h15H,6-14H2,1-5H3,(H2-,20,21,22,23,26,27)/p+1. The van der Waals surface area contributed by atoms with Crippen LogP contribution in [0.2, 0.25) is 0 Å². The van der Waals surface area contributed by atoms with Gasteiger partial charge in [-0.3, -0.25) is 15.1 Å². The molecule has 0 aliphatic carbocycles. The fourth-order valence-corrected chi connectivity index (χ4v) is 3.20. The van der Waals surface area contributed by atoms with Gasteiger partial charge in [0.05, 0.1) is 33.2 Å². The Morgan fingerprint density at radius 2 is 1.96 bits per heavy atom. The fourth-order valence-electron chi connectivity index (χ4n) is 3.20. The van der Waals surface area contributed by atoms with E-state index in [0.717, 1.165) is 37.1 Å². The molecule has 1 atom stereocenters. The summed E-state index contributed by atoms with van der Waals surface area (Å²) in [5.74, 6) is 0.171. The lowest BCUT2D eigenvalue weighted by atomic mass is 10.2. The van der Waals surface area contributed by atoms with Gasteiger partial charge in [-0.25, -0.2) is 9.78 Å². The average molecular weight is 382 g/mol. The maximum atomic E-state index is 12.0. The highest BCUT2D eigenvalue weighted by Gasteiger charge is 2.20. The first-order valence-corrected chi connectivity index (χ1v) is 9.85. The molecule has 0 radical (unpaired) electrons. The molecule has 154 valence electrons. The van der Waals surface area contributed by atoms with Crippen LogP contribution in [-0.4, -0.2) is 79.2 Å². The molecule has 1 aromatic rings. The number of hydrogen-bond acceptors (Lipinski definition) is 4. The van der Waals surface area contributed by atoms with Crippen molar-refractivity contribution in [2.45, 2.75) is 39.5 Å². The van der Waals surface area contributed by atoms with Crippen molar-refractivity contribution in [1.29, 1.82) is 0 Å². The Labute approximate surface area is 162 Å².